The van der Waals surface area contributed by atoms with Gasteiger partial charge in [0.25, 0.3) is 0 Å². The average molecular weight is 690 g/mol. The van der Waals surface area contributed by atoms with Gasteiger partial charge in [-0.2, -0.15) is 0 Å². The van der Waals surface area contributed by atoms with E-state index in [-0.39, 0.29) is 18.3 Å². The topological polar surface area (TPSA) is 255 Å². The standard InChI is InChI=1S/C34H55N7O8/c1-17(2)26(29(36)44)40-34(49)27(18(3)4)41-32(47)23-14-10-13-22(23)28(43)25(15-21-11-8-7-9-12-21)39-31(46)20(6)37-30(45)19(5)38-33(48)24(35)16-42/h7-9,11-12,17-20,22-28,42-43H,10,13-16,35H2,1-6H3,(H2,36,44)(H,37,45)(H,38,48)(H,39,46)(H,40,49)(H,41,47)/t19-,20-,22?,23?,24-,25?,26-,27-,28?/m0/s1. The number of amides is 6. The molecule has 9 atom stereocenters. The molecule has 0 bridgehead atoms. The summed E-state index contributed by atoms with van der Waals surface area (Å²) < 4.78 is 0. The summed E-state index contributed by atoms with van der Waals surface area (Å²) in [4.78, 5) is 76.8. The average Bonchev–Trinajstić information content (AvgIpc) is 3.55. The van der Waals surface area contributed by atoms with Gasteiger partial charge >= 0.3 is 0 Å². The molecular weight excluding hydrogens is 634 g/mol. The van der Waals surface area contributed by atoms with Crippen LogP contribution in [0.25, 0.3) is 0 Å². The van der Waals surface area contributed by atoms with Crippen molar-refractivity contribution in [2.24, 2.45) is 35.1 Å². The highest BCUT2D eigenvalue weighted by atomic mass is 16.3. The Balaban J connectivity index is 2.21. The van der Waals surface area contributed by atoms with E-state index in [1.807, 2.05) is 30.3 Å². The van der Waals surface area contributed by atoms with Gasteiger partial charge in [0.15, 0.2) is 0 Å². The third-order valence-electron chi connectivity index (χ3n) is 8.94. The molecule has 0 aromatic heterocycles. The second kappa shape index (κ2) is 19.2. The van der Waals surface area contributed by atoms with E-state index in [9.17, 15) is 33.9 Å². The smallest absolute Gasteiger partial charge is 0.243 e. The van der Waals surface area contributed by atoms with Gasteiger partial charge in [-0.3, -0.25) is 28.8 Å². The second-order valence-corrected chi connectivity index (χ2v) is 13.6. The molecular formula is C34H55N7O8. The first-order valence-electron chi connectivity index (χ1n) is 16.9. The molecule has 11 N–H and O–H groups in total. The van der Waals surface area contributed by atoms with Crippen LogP contribution in [0.1, 0.15) is 66.4 Å². The molecule has 4 unspecified atom stereocenters. The SMILES string of the molecule is CC(C)[C@H](NC(=O)[C@@H](NC(=O)C1CCCC1C(O)C(Cc1ccccc1)NC(=O)[C@H](C)NC(=O)[C@H](C)NC(=O)[C@@H](N)CO)C(C)C)C(N)=O. The van der Waals surface area contributed by atoms with Crippen LogP contribution in [0.15, 0.2) is 30.3 Å². The molecule has 0 radical (unpaired) electrons. The zero-order chi connectivity index (χ0) is 37.0. The zero-order valence-corrected chi connectivity index (χ0v) is 29.3. The first-order valence-corrected chi connectivity index (χ1v) is 16.9. The normalized spacial score (nSPS) is 20.2. The summed E-state index contributed by atoms with van der Waals surface area (Å²) >= 11 is 0. The molecule has 1 fully saturated rings. The van der Waals surface area contributed by atoms with Crippen molar-refractivity contribution in [2.75, 3.05) is 6.61 Å². The number of carbonyl (C=O) groups excluding carboxylic acids is 6. The minimum atomic E-state index is -1.20. The molecule has 49 heavy (non-hydrogen) atoms. The molecule has 15 heteroatoms. The monoisotopic (exact) mass is 689 g/mol. The molecule has 0 heterocycles. The molecule has 1 aliphatic carbocycles. The number of aliphatic hydroxyl groups excluding tert-OH is 2. The number of rotatable bonds is 18. The minimum Gasteiger partial charge on any atom is -0.394 e. The van der Waals surface area contributed by atoms with Crippen molar-refractivity contribution in [1.82, 2.24) is 26.6 Å². The lowest BCUT2D eigenvalue weighted by atomic mass is 9.84. The van der Waals surface area contributed by atoms with E-state index in [1.165, 1.54) is 13.8 Å². The van der Waals surface area contributed by atoms with Gasteiger partial charge < -0.3 is 48.3 Å². The van der Waals surface area contributed by atoms with Crippen LogP contribution in [0, 0.1) is 23.7 Å². The number of aliphatic hydroxyl groups is 2. The van der Waals surface area contributed by atoms with Crippen molar-refractivity contribution in [1.29, 1.82) is 0 Å². The highest BCUT2D eigenvalue weighted by molar-refractivity contribution is 5.93. The molecule has 1 aromatic carbocycles. The number of carbonyl (C=O) groups is 6. The highest BCUT2D eigenvalue weighted by Gasteiger charge is 2.42. The maximum absolute atomic E-state index is 13.7. The zero-order valence-electron chi connectivity index (χ0n) is 29.3. The summed E-state index contributed by atoms with van der Waals surface area (Å²) in [6.07, 6.45) is 0.645. The van der Waals surface area contributed by atoms with Crippen molar-refractivity contribution < 1.29 is 39.0 Å². The Kier molecular flexibility index (Phi) is 16.1. The molecule has 1 aliphatic rings. The van der Waals surface area contributed by atoms with Gasteiger partial charge in [-0.15, -0.1) is 0 Å². The maximum atomic E-state index is 13.7. The number of benzene rings is 1. The van der Waals surface area contributed by atoms with E-state index < -0.39 is 96.2 Å². The third kappa shape index (κ3) is 12.1. The van der Waals surface area contributed by atoms with Crippen molar-refractivity contribution in [3.63, 3.8) is 0 Å². The van der Waals surface area contributed by atoms with Gasteiger partial charge in [-0.05, 0) is 56.4 Å². The molecule has 0 aliphatic heterocycles. The lowest BCUT2D eigenvalue weighted by Crippen LogP contribution is -2.58. The first kappa shape index (κ1) is 41.1. The summed E-state index contributed by atoms with van der Waals surface area (Å²) in [6.45, 7) is 9.30. The van der Waals surface area contributed by atoms with E-state index in [2.05, 4.69) is 26.6 Å². The molecule has 274 valence electrons. The van der Waals surface area contributed by atoms with Crippen molar-refractivity contribution in [2.45, 2.75) is 110 Å². The number of primary amides is 1. The van der Waals surface area contributed by atoms with Gasteiger partial charge in [0, 0.05) is 5.92 Å². The number of nitrogens with two attached hydrogens (primary N) is 2. The van der Waals surface area contributed by atoms with Crippen molar-refractivity contribution in [3.05, 3.63) is 35.9 Å². The van der Waals surface area contributed by atoms with Crippen LogP contribution in [0.4, 0.5) is 0 Å². The molecule has 2 rings (SSSR count). The Hall–Kier alpha value is -4.08. The number of hydrogen-bond donors (Lipinski definition) is 9. The highest BCUT2D eigenvalue weighted by Crippen LogP contribution is 2.36. The minimum absolute atomic E-state index is 0.228. The van der Waals surface area contributed by atoms with E-state index in [0.29, 0.717) is 19.3 Å². The third-order valence-corrected chi connectivity index (χ3v) is 8.94. The lowest BCUT2D eigenvalue weighted by Gasteiger charge is -2.33. The van der Waals surface area contributed by atoms with Crippen LogP contribution in [-0.4, -0.2) is 94.6 Å². The van der Waals surface area contributed by atoms with Gasteiger partial charge in [-0.25, -0.2) is 0 Å². The maximum Gasteiger partial charge on any atom is 0.243 e. The fourth-order valence-corrected chi connectivity index (χ4v) is 5.93. The predicted octanol–water partition coefficient (Wildman–Crippen LogP) is -1.41. The Bertz CT molecular complexity index is 1290. The predicted molar refractivity (Wildman–Crippen MR) is 182 cm³/mol. The van der Waals surface area contributed by atoms with Gasteiger partial charge in [0.2, 0.25) is 35.4 Å². The quantitative estimate of drug-likeness (QED) is 0.0876. The largest absolute Gasteiger partial charge is 0.394 e. The van der Waals surface area contributed by atoms with Crippen molar-refractivity contribution >= 4 is 35.4 Å². The molecule has 15 nitrogen and oxygen atoms in total. The van der Waals surface area contributed by atoms with Crippen LogP contribution < -0.4 is 38.1 Å². The molecule has 1 aromatic rings. The summed E-state index contributed by atoms with van der Waals surface area (Å²) in [5, 5.41) is 34.1. The second-order valence-electron chi connectivity index (χ2n) is 13.6. The van der Waals surface area contributed by atoms with Gasteiger partial charge in [0.1, 0.15) is 30.2 Å². The summed E-state index contributed by atoms with van der Waals surface area (Å²) in [5.74, 6) is -5.42. The van der Waals surface area contributed by atoms with E-state index in [0.717, 1.165) is 5.56 Å². The van der Waals surface area contributed by atoms with Crippen molar-refractivity contribution in [3.8, 4) is 0 Å². The Morgan fingerprint density at radius 3 is 1.84 bits per heavy atom. The van der Waals surface area contributed by atoms with Crippen LogP contribution >= 0.6 is 0 Å². The molecule has 6 amide bonds. The summed E-state index contributed by atoms with van der Waals surface area (Å²) in [7, 11) is 0. The fraction of sp³-hybridized carbons (Fsp3) is 0.647. The van der Waals surface area contributed by atoms with Crippen LogP contribution in [0.3, 0.4) is 0 Å². The van der Waals surface area contributed by atoms with Crippen LogP contribution in [0.5, 0.6) is 0 Å². The molecule has 0 saturated heterocycles. The summed E-state index contributed by atoms with van der Waals surface area (Å²) in [5.41, 5.74) is 11.8. The summed E-state index contributed by atoms with van der Waals surface area (Å²) in [6, 6.07) is 3.15. The van der Waals surface area contributed by atoms with E-state index >= 15 is 0 Å². The Labute approximate surface area is 288 Å². The van der Waals surface area contributed by atoms with E-state index in [1.54, 1.807) is 27.7 Å². The molecule has 0 spiro atoms. The van der Waals surface area contributed by atoms with Crippen LogP contribution in [0.2, 0.25) is 0 Å². The first-order chi connectivity index (χ1) is 23.0. The fourth-order valence-electron chi connectivity index (χ4n) is 5.93. The Morgan fingerprint density at radius 2 is 1.31 bits per heavy atom. The number of nitrogens with one attached hydrogen (secondary N) is 5. The van der Waals surface area contributed by atoms with Crippen LogP contribution in [-0.2, 0) is 35.2 Å². The number of hydrogen-bond acceptors (Lipinski definition) is 9. The molecule has 1 saturated carbocycles. The van der Waals surface area contributed by atoms with E-state index in [4.69, 9.17) is 16.6 Å². The van der Waals surface area contributed by atoms with Gasteiger partial charge in [0.05, 0.1) is 18.8 Å². The Morgan fingerprint density at radius 1 is 0.755 bits per heavy atom. The van der Waals surface area contributed by atoms with Gasteiger partial charge in [-0.1, -0.05) is 64.4 Å². The lowest BCUT2D eigenvalue weighted by molar-refractivity contribution is -0.135.